The molecule has 0 aliphatic rings. The highest BCUT2D eigenvalue weighted by Gasteiger charge is 2.31. The maximum atomic E-state index is 12.1. The Hall–Kier alpha value is -2.02. The lowest BCUT2D eigenvalue weighted by Gasteiger charge is -2.11. The zero-order valence-electron chi connectivity index (χ0n) is 9.99. The first-order valence-electron chi connectivity index (χ1n) is 5.33. The fourth-order valence-corrected chi connectivity index (χ4v) is 1.71. The minimum absolute atomic E-state index is 0.279. The van der Waals surface area contributed by atoms with Gasteiger partial charge in [0.05, 0.1) is 17.8 Å². The molecule has 0 aliphatic heterocycles. The molecule has 0 saturated heterocycles. The molecule has 1 aromatic heterocycles. The van der Waals surface area contributed by atoms with E-state index in [1.54, 1.807) is 6.07 Å². The highest BCUT2D eigenvalue weighted by molar-refractivity contribution is 5.91. The number of benzene rings is 1. The second-order valence-electron chi connectivity index (χ2n) is 3.86. The molecule has 1 aromatic carbocycles. The van der Waals surface area contributed by atoms with Gasteiger partial charge in [-0.05, 0) is 24.3 Å². The summed E-state index contributed by atoms with van der Waals surface area (Å²) in [4.78, 5) is 4.22. The van der Waals surface area contributed by atoms with Crippen LogP contribution in [0.5, 0.6) is 5.75 Å². The normalized spacial score (nSPS) is 11.8. The van der Waals surface area contributed by atoms with Gasteiger partial charge < -0.3 is 15.2 Å². The Morgan fingerprint density at radius 2 is 2.00 bits per heavy atom. The SMILES string of the molecule is COCc1cc(N)c2cc(OC(F)(F)F)ccc2n1. The van der Waals surface area contributed by atoms with Crippen molar-refractivity contribution < 1.29 is 22.6 Å². The molecule has 4 nitrogen and oxygen atoms in total. The first kappa shape index (κ1) is 13.4. The topological polar surface area (TPSA) is 57.4 Å². The highest BCUT2D eigenvalue weighted by Crippen LogP contribution is 2.29. The molecule has 0 atom stereocenters. The lowest BCUT2D eigenvalue weighted by atomic mass is 10.1. The molecule has 0 amide bonds. The number of halogens is 3. The summed E-state index contributed by atoms with van der Waals surface area (Å²) in [5.74, 6) is -0.326. The molecule has 19 heavy (non-hydrogen) atoms. The van der Waals surface area contributed by atoms with Crippen LogP contribution in [0.3, 0.4) is 0 Å². The van der Waals surface area contributed by atoms with Crippen LogP contribution in [-0.4, -0.2) is 18.5 Å². The first-order valence-corrected chi connectivity index (χ1v) is 5.33. The Balaban J connectivity index is 2.43. The van der Waals surface area contributed by atoms with E-state index in [-0.39, 0.29) is 12.4 Å². The molecule has 0 saturated carbocycles. The number of pyridine rings is 1. The van der Waals surface area contributed by atoms with E-state index in [4.69, 9.17) is 10.5 Å². The van der Waals surface area contributed by atoms with E-state index in [0.717, 1.165) is 0 Å². The maximum absolute atomic E-state index is 12.1. The molecule has 0 bridgehead atoms. The molecule has 0 spiro atoms. The van der Waals surface area contributed by atoms with Crippen molar-refractivity contribution >= 4 is 16.6 Å². The number of nitrogens with two attached hydrogens (primary N) is 1. The summed E-state index contributed by atoms with van der Waals surface area (Å²) >= 11 is 0. The Labute approximate surface area is 106 Å². The van der Waals surface area contributed by atoms with Crippen LogP contribution in [0.4, 0.5) is 18.9 Å². The molecular formula is C12H11F3N2O2. The van der Waals surface area contributed by atoms with E-state index in [1.165, 1.54) is 25.3 Å². The lowest BCUT2D eigenvalue weighted by Crippen LogP contribution is -2.17. The summed E-state index contributed by atoms with van der Waals surface area (Å²) < 4.78 is 45.1. The molecule has 1 heterocycles. The fraction of sp³-hybridized carbons (Fsp3) is 0.250. The second-order valence-corrected chi connectivity index (χ2v) is 3.86. The number of anilines is 1. The van der Waals surface area contributed by atoms with Crippen LogP contribution >= 0.6 is 0 Å². The third-order valence-electron chi connectivity index (χ3n) is 2.39. The van der Waals surface area contributed by atoms with E-state index in [0.29, 0.717) is 22.3 Å². The summed E-state index contributed by atoms with van der Waals surface area (Å²) in [6.07, 6.45) is -4.73. The number of rotatable bonds is 3. The smallest absolute Gasteiger partial charge is 0.406 e. The minimum Gasteiger partial charge on any atom is -0.406 e. The van der Waals surface area contributed by atoms with Crippen LogP contribution in [0.25, 0.3) is 10.9 Å². The zero-order chi connectivity index (χ0) is 14.0. The van der Waals surface area contributed by atoms with E-state index in [9.17, 15) is 13.2 Å². The van der Waals surface area contributed by atoms with Crippen molar-refractivity contribution in [2.24, 2.45) is 0 Å². The van der Waals surface area contributed by atoms with Crippen molar-refractivity contribution in [2.45, 2.75) is 13.0 Å². The molecule has 0 aliphatic carbocycles. The van der Waals surface area contributed by atoms with Gasteiger partial charge in [0.15, 0.2) is 0 Å². The Kier molecular flexibility index (Phi) is 3.48. The van der Waals surface area contributed by atoms with Crippen molar-refractivity contribution in [1.82, 2.24) is 4.98 Å². The van der Waals surface area contributed by atoms with Crippen molar-refractivity contribution in [3.8, 4) is 5.75 Å². The third kappa shape index (κ3) is 3.25. The number of ether oxygens (including phenoxy) is 2. The number of nitrogen functional groups attached to an aromatic ring is 1. The average molecular weight is 272 g/mol. The molecule has 2 rings (SSSR count). The molecular weight excluding hydrogens is 261 g/mol. The quantitative estimate of drug-likeness (QED) is 0.933. The van der Waals surface area contributed by atoms with Gasteiger partial charge in [0.25, 0.3) is 0 Å². The first-order chi connectivity index (χ1) is 8.89. The molecule has 0 fully saturated rings. The minimum atomic E-state index is -4.73. The molecule has 102 valence electrons. The molecule has 2 aromatic rings. The van der Waals surface area contributed by atoms with Crippen LogP contribution in [0.1, 0.15) is 5.69 Å². The number of nitrogens with zero attached hydrogens (tertiary/aromatic N) is 1. The van der Waals surface area contributed by atoms with Crippen molar-refractivity contribution in [1.29, 1.82) is 0 Å². The highest BCUT2D eigenvalue weighted by atomic mass is 19.4. The molecule has 0 radical (unpaired) electrons. The monoisotopic (exact) mass is 272 g/mol. The number of methoxy groups -OCH3 is 1. The summed E-state index contributed by atoms with van der Waals surface area (Å²) in [6.45, 7) is 0.279. The fourth-order valence-electron chi connectivity index (χ4n) is 1.71. The van der Waals surface area contributed by atoms with Gasteiger partial charge in [0.2, 0.25) is 0 Å². The van der Waals surface area contributed by atoms with Crippen LogP contribution in [0, 0.1) is 0 Å². The Bertz CT molecular complexity index is 599. The number of fused-ring (bicyclic) bond motifs is 1. The van der Waals surface area contributed by atoms with Gasteiger partial charge >= 0.3 is 6.36 Å². The number of hydrogen-bond acceptors (Lipinski definition) is 4. The number of aromatic nitrogens is 1. The van der Waals surface area contributed by atoms with Crippen molar-refractivity contribution in [2.75, 3.05) is 12.8 Å². The number of alkyl halides is 3. The average Bonchev–Trinajstić information content (AvgIpc) is 2.28. The van der Waals surface area contributed by atoms with E-state index >= 15 is 0 Å². The summed E-state index contributed by atoms with van der Waals surface area (Å²) in [6, 6.07) is 5.38. The second kappa shape index (κ2) is 4.93. The largest absolute Gasteiger partial charge is 0.573 e. The van der Waals surface area contributed by atoms with Gasteiger partial charge in [0, 0.05) is 18.2 Å². The van der Waals surface area contributed by atoms with Gasteiger partial charge in [-0.1, -0.05) is 0 Å². The summed E-state index contributed by atoms with van der Waals surface area (Å²) in [5, 5.41) is 0.404. The van der Waals surface area contributed by atoms with Gasteiger partial charge in [-0.25, -0.2) is 0 Å². The lowest BCUT2D eigenvalue weighted by molar-refractivity contribution is -0.274. The summed E-state index contributed by atoms with van der Waals surface area (Å²) in [5.41, 5.74) is 7.21. The van der Waals surface area contributed by atoms with Gasteiger partial charge in [-0.15, -0.1) is 13.2 Å². The van der Waals surface area contributed by atoms with Crippen LogP contribution in [0.2, 0.25) is 0 Å². The third-order valence-corrected chi connectivity index (χ3v) is 2.39. The molecule has 7 heteroatoms. The summed E-state index contributed by atoms with van der Waals surface area (Å²) in [7, 11) is 1.52. The van der Waals surface area contributed by atoms with Gasteiger partial charge in [-0.2, -0.15) is 0 Å². The predicted octanol–water partition coefficient (Wildman–Crippen LogP) is 2.86. The molecule has 2 N–H and O–H groups in total. The zero-order valence-corrected chi connectivity index (χ0v) is 9.99. The molecule has 0 unspecified atom stereocenters. The predicted molar refractivity (Wildman–Crippen MR) is 63.6 cm³/mol. The van der Waals surface area contributed by atoms with Crippen LogP contribution in [-0.2, 0) is 11.3 Å². The Morgan fingerprint density at radius 3 is 2.63 bits per heavy atom. The number of hydrogen-bond donors (Lipinski definition) is 1. The van der Waals surface area contributed by atoms with Crippen LogP contribution < -0.4 is 10.5 Å². The van der Waals surface area contributed by atoms with E-state index in [1.807, 2.05) is 0 Å². The standard InChI is InChI=1S/C12H11F3N2O2/c1-18-6-7-4-10(16)9-5-8(19-12(13,14)15)2-3-11(9)17-7/h2-5H,6H2,1H3,(H2,16,17). The van der Waals surface area contributed by atoms with Gasteiger partial charge in [-0.3, -0.25) is 4.98 Å². The van der Waals surface area contributed by atoms with E-state index < -0.39 is 6.36 Å². The van der Waals surface area contributed by atoms with E-state index in [2.05, 4.69) is 9.72 Å². The van der Waals surface area contributed by atoms with Gasteiger partial charge in [0.1, 0.15) is 5.75 Å². The van der Waals surface area contributed by atoms with Crippen molar-refractivity contribution in [3.63, 3.8) is 0 Å². The Morgan fingerprint density at radius 1 is 1.26 bits per heavy atom. The van der Waals surface area contributed by atoms with Crippen LogP contribution in [0.15, 0.2) is 24.3 Å². The maximum Gasteiger partial charge on any atom is 0.573 e. The van der Waals surface area contributed by atoms with Crippen molar-refractivity contribution in [3.05, 3.63) is 30.0 Å².